The zero-order valence-corrected chi connectivity index (χ0v) is 15.9. The van der Waals surface area contributed by atoms with E-state index < -0.39 is 12.1 Å². The minimum absolute atomic E-state index is 0.293. The Kier molecular flexibility index (Phi) is 5.72. The third kappa shape index (κ3) is 4.26. The molecule has 3 aromatic rings. The van der Waals surface area contributed by atoms with Crippen molar-refractivity contribution >= 4 is 34.9 Å². The molecule has 0 saturated heterocycles. The first-order chi connectivity index (χ1) is 13.0. The van der Waals surface area contributed by atoms with Crippen molar-refractivity contribution in [3.63, 3.8) is 0 Å². The van der Waals surface area contributed by atoms with Crippen LogP contribution in [0.2, 0.25) is 10.0 Å². The molecule has 27 heavy (non-hydrogen) atoms. The topological polar surface area (TPSA) is 107 Å². The van der Waals surface area contributed by atoms with Gasteiger partial charge in [-0.2, -0.15) is 9.78 Å². The molecule has 0 fully saturated rings. The summed E-state index contributed by atoms with van der Waals surface area (Å²) < 4.78 is 6.66. The Labute approximate surface area is 164 Å². The predicted octanol–water partition coefficient (Wildman–Crippen LogP) is 3.26. The number of aromatic nitrogens is 5. The number of amides is 2. The molecular formula is C16H15Cl2N7O2. The lowest BCUT2D eigenvalue weighted by molar-refractivity contribution is 0.248. The van der Waals surface area contributed by atoms with Crippen LogP contribution in [-0.2, 0) is 0 Å². The maximum Gasteiger partial charge on any atom is 0.319 e. The number of anilines is 1. The number of hydrogen-bond acceptors (Lipinski definition) is 6. The van der Waals surface area contributed by atoms with Gasteiger partial charge >= 0.3 is 6.03 Å². The van der Waals surface area contributed by atoms with Gasteiger partial charge in [0.05, 0.1) is 28.9 Å². The maximum atomic E-state index is 12.4. The molecule has 0 aliphatic heterocycles. The molecule has 0 unspecified atom stereocenters. The summed E-state index contributed by atoms with van der Waals surface area (Å²) >= 11 is 12.0. The van der Waals surface area contributed by atoms with Gasteiger partial charge in [-0.1, -0.05) is 23.2 Å². The normalized spacial score (nSPS) is 11.7. The second-order valence-corrected chi connectivity index (χ2v) is 6.18. The molecule has 0 spiro atoms. The molecule has 1 aromatic carbocycles. The lowest BCUT2D eigenvalue weighted by Crippen LogP contribution is -2.32. The molecule has 0 radical (unpaired) electrons. The lowest BCUT2D eigenvalue weighted by atomic mass is 10.3. The van der Waals surface area contributed by atoms with Crippen LogP contribution in [0.1, 0.15) is 18.8 Å². The number of urea groups is 1. The first-order valence-corrected chi connectivity index (χ1v) is 8.53. The van der Waals surface area contributed by atoms with Crippen LogP contribution in [0.3, 0.4) is 0 Å². The predicted molar refractivity (Wildman–Crippen MR) is 101 cm³/mol. The smallest absolute Gasteiger partial charge is 0.319 e. The van der Waals surface area contributed by atoms with Crippen molar-refractivity contribution < 1.29 is 9.53 Å². The molecule has 2 heterocycles. The summed E-state index contributed by atoms with van der Waals surface area (Å²) in [7, 11) is 1.47. The molecule has 2 N–H and O–H groups in total. The van der Waals surface area contributed by atoms with E-state index in [2.05, 4.69) is 30.7 Å². The van der Waals surface area contributed by atoms with Gasteiger partial charge in [-0.15, -0.1) is 0 Å². The van der Waals surface area contributed by atoms with E-state index in [-0.39, 0.29) is 0 Å². The van der Waals surface area contributed by atoms with E-state index in [4.69, 9.17) is 27.9 Å². The van der Waals surface area contributed by atoms with Crippen molar-refractivity contribution in [3.8, 4) is 11.7 Å². The Hall–Kier alpha value is -2.91. The van der Waals surface area contributed by atoms with Crippen LogP contribution in [0.4, 0.5) is 10.5 Å². The summed E-state index contributed by atoms with van der Waals surface area (Å²) in [6.45, 7) is 1.76. The number of benzene rings is 1. The van der Waals surface area contributed by atoms with E-state index in [0.29, 0.717) is 33.3 Å². The van der Waals surface area contributed by atoms with Gasteiger partial charge in [-0.25, -0.2) is 19.7 Å². The van der Waals surface area contributed by atoms with Crippen molar-refractivity contribution in [1.82, 2.24) is 30.0 Å². The van der Waals surface area contributed by atoms with E-state index in [0.717, 1.165) is 0 Å². The van der Waals surface area contributed by atoms with Gasteiger partial charge in [0.2, 0.25) is 0 Å². The van der Waals surface area contributed by atoms with Crippen LogP contribution in [0.15, 0.2) is 36.9 Å². The molecule has 2 amide bonds. The first-order valence-electron chi connectivity index (χ1n) is 7.77. The van der Waals surface area contributed by atoms with Crippen molar-refractivity contribution in [2.45, 2.75) is 13.0 Å². The fourth-order valence-corrected chi connectivity index (χ4v) is 2.63. The number of methoxy groups -OCH3 is 1. The van der Waals surface area contributed by atoms with Gasteiger partial charge in [-0.3, -0.25) is 0 Å². The highest BCUT2D eigenvalue weighted by molar-refractivity contribution is 6.42. The summed E-state index contributed by atoms with van der Waals surface area (Å²) in [5, 5.41) is 10.2. The molecule has 1 atom stereocenters. The van der Waals surface area contributed by atoms with Crippen LogP contribution >= 0.6 is 23.2 Å². The standard InChI is InChI=1S/C16H15Cl2N7O2/c1-9(14-21-8-22-25(14)15-19-4-3-5-20-15)23-16(26)24-12-6-10(17)11(18)7-13(12)27-2/h3-9H,1-2H3,(H2,23,24,26)/t9-/m0/s1. The van der Waals surface area contributed by atoms with E-state index >= 15 is 0 Å². The van der Waals surface area contributed by atoms with Gasteiger partial charge in [0.15, 0.2) is 5.82 Å². The highest BCUT2D eigenvalue weighted by Gasteiger charge is 2.19. The SMILES string of the molecule is COc1cc(Cl)c(Cl)cc1NC(=O)N[C@@H](C)c1ncnn1-c1ncccn1. The molecule has 140 valence electrons. The van der Waals surface area contributed by atoms with Crippen LogP contribution in [0.5, 0.6) is 5.75 Å². The van der Waals surface area contributed by atoms with E-state index in [1.165, 1.54) is 30.3 Å². The summed E-state index contributed by atoms with van der Waals surface area (Å²) in [5.41, 5.74) is 0.379. The van der Waals surface area contributed by atoms with Crippen molar-refractivity contribution in [2.24, 2.45) is 0 Å². The quantitative estimate of drug-likeness (QED) is 0.671. The molecular weight excluding hydrogens is 393 g/mol. The van der Waals surface area contributed by atoms with Crippen LogP contribution in [0, 0.1) is 0 Å². The molecule has 0 aliphatic carbocycles. The number of nitrogens with one attached hydrogen (secondary N) is 2. The zero-order chi connectivity index (χ0) is 19.4. The Bertz CT molecular complexity index is 949. The fraction of sp³-hybridized carbons (Fsp3) is 0.188. The molecule has 9 nitrogen and oxygen atoms in total. The Morgan fingerprint density at radius 1 is 1.19 bits per heavy atom. The number of carbonyl (C=O) groups excluding carboxylic acids is 1. The molecule has 0 aliphatic rings. The monoisotopic (exact) mass is 407 g/mol. The zero-order valence-electron chi connectivity index (χ0n) is 14.3. The minimum atomic E-state index is -0.484. The van der Waals surface area contributed by atoms with Gasteiger partial charge in [0.25, 0.3) is 5.95 Å². The van der Waals surface area contributed by atoms with Crippen molar-refractivity contribution in [3.05, 3.63) is 52.8 Å². The third-order valence-corrected chi connectivity index (χ3v) is 4.26. The first kappa shape index (κ1) is 18.9. The number of hydrogen-bond donors (Lipinski definition) is 2. The molecule has 0 bridgehead atoms. The fourth-order valence-electron chi connectivity index (χ4n) is 2.32. The Morgan fingerprint density at radius 2 is 1.89 bits per heavy atom. The van der Waals surface area contributed by atoms with Gasteiger partial charge in [-0.05, 0) is 19.1 Å². The highest BCUT2D eigenvalue weighted by atomic mass is 35.5. The number of nitrogens with zero attached hydrogens (tertiary/aromatic N) is 5. The Balaban J connectivity index is 1.74. The van der Waals surface area contributed by atoms with Crippen LogP contribution < -0.4 is 15.4 Å². The van der Waals surface area contributed by atoms with E-state index in [1.54, 1.807) is 25.4 Å². The van der Waals surface area contributed by atoms with E-state index in [1.807, 2.05) is 0 Å². The number of ether oxygens (including phenoxy) is 1. The second kappa shape index (κ2) is 8.19. The van der Waals surface area contributed by atoms with Crippen molar-refractivity contribution in [1.29, 1.82) is 0 Å². The van der Waals surface area contributed by atoms with Gasteiger partial charge in [0.1, 0.15) is 12.1 Å². The third-order valence-electron chi connectivity index (χ3n) is 3.54. The average molecular weight is 408 g/mol. The van der Waals surface area contributed by atoms with Crippen LogP contribution in [-0.4, -0.2) is 37.9 Å². The van der Waals surface area contributed by atoms with E-state index in [9.17, 15) is 4.79 Å². The maximum absolute atomic E-state index is 12.4. The van der Waals surface area contributed by atoms with Crippen molar-refractivity contribution in [2.75, 3.05) is 12.4 Å². The lowest BCUT2D eigenvalue weighted by Gasteiger charge is -2.16. The summed E-state index contributed by atoms with van der Waals surface area (Å²) in [5.74, 6) is 1.20. The highest BCUT2D eigenvalue weighted by Crippen LogP contribution is 2.34. The number of carbonyl (C=O) groups is 1. The van der Waals surface area contributed by atoms with Crippen LogP contribution in [0.25, 0.3) is 5.95 Å². The number of halogens is 2. The summed E-state index contributed by atoms with van der Waals surface area (Å²) in [6, 6.07) is 3.76. The molecule has 3 rings (SSSR count). The second-order valence-electron chi connectivity index (χ2n) is 5.37. The van der Waals surface area contributed by atoms with Gasteiger partial charge < -0.3 is 15.4 Å². The molecule has 0 saturated carbocycles. The molecule has 11 heteroatoms. The number of rotatable bonds is 5. The largest absolute Gasteiger partial charge is 0.495 e. The Morgan fingerprint density at radius 3 is 2.59 bits per heavy atom. The minimum Gasteiger partial charge on any atom is -0.495 e. The molecule has 2 aromatic heterocycles. The average Bonchev–Trinajstić information content (AvgIpc) is 3.15. The summed E-state index contributed by atoms with van der Waals surface area (Å²) in [6.07, 6.45) is 4.55. The summed E-state index contributed by atoms with van der Waals surface area (Å²) in [4.78, 5) is 24.8. The van der Waals surface area contributed by atoms with Gasteiger partial charge in [0, 0.05) is 18.5 Å².